The summed E-state index contributed by atoms with van der Waals surface area (Å²) in [6.45, 7) is 6.52. The van der Waals surface area contributed by atoms with E-state index >= 15 is 0 Å². The van der Waals surface area contributed by atoms with Crippen molar-refractivity contribution >= 4 is 39.3 Å². The van der Waals surface area contributed by atoms with E-state index in [1.807, 2.05) is 30.0 Å². The molecule has 0 spiro atoms. The van der Waals surface area contributed by atoms with E-state index in [1.54, 1.807) is 13.1 Å². The normalized spacial score (nSPS) is 14.6. The van der Waals surface area contributed by atoms with Crippen molar-refractivity contribution in [1.29, 1.82) is 0 Å². The quantitative estimate of drug-likeness (QED) is 0.866. The third-order valence-electron chi connectivity index (χ3n) is 3.97. The first-order valence-corrected chi connectivity index (χ1v) is 8.55. The van der Waals surface area contributed by atoms with Gasteiger partial charge in [0, 0.05) is 37.6 Å². The average Bonchev–Trinajstić information content (AvgIpc) is 2.58. The van der Waals surface area contributed by atoms with Crippen molar-refractivity contribution in [3.8, 4) is 0 Å². The molecule has 1 N–H and O–H groups in total. The number of piperazine rings is 1. The molecule has 1 aliphatic rings. The van der Waals surface area contributed by atoms with Crippen LogP contribution in [0.5, 0.6) is 0 Å². The zero-order chi connectivity index (χ0) is 17.1. The van der Waals surface area contributed by atoms with Crippen LogP contribution in [0, 0.1) is 6.92 Å². The van der Waals surface area contributed by atoms with Gasteiger partial charge in [-0.25, -0.2) is 0 Å². The highest BCUT2D eigenvalue weighted by Gasteiger charge is 2.20. The molecule has 0 unspecified atom stereocenters. The highest BCUT2D eigenvalue weighted by atomic mass is 79.9. The number of halogens is 1. The average molecular weight is 391 g/mol. The van der Waals surface area contributed by atoms with Crippen LogP contribution in [-0.4, -0.2) is 52.2 Å². The lowest BCUT2D eigenvalue weighted by molar-refractivity contribution is -0.129. The van der Waals surface area contributed by atoms with Gasteiger partial charge in [0.25, 0.3) is 0 Å². The Morgan fingerprint density at radius 3 is 2.67 bits per heavy atom. The first kappa shape index (κ1) is 16.6. The van der Waals surface area contributed by atoms with E-state index in [0.29, 0.717) is 19.0 Å². The minimum Gasteiger partial charge on any atom is -0.352 e. The van der Waals surface area contributed by atoms with Crippen LogP contribution < -0.4 is 10.2 Å². The summed E-state index contributed by atoms with van der Waals surface area (Å²) >= 11 is 3.53. The van der Waals surface area contributed by atoms with E-state index in [9.17, 15) is 4.79 Å². The van der Waals surface area contributed by atoms with Gasteiger partial charge in [-0.2, -0.15) is 10.1 Å². The number of rotatable bonds is 3. The Kier molecular flexibility index (Phi) is 4.94. The molecule has 126 valence electrons. The van der Waals surface area contributed by atoms with Crippen LogP contribution in [0.1, 0.15) is 12.5 Å². The van der Waals surface area contributed by atoms with Crippen LogP contribution in [0.15, 0.2) is 28.9 Å². The number of benzene rings is 1. The SMILES string of the molecule is CC(=O)N1CCN(c2cnnc(Nc3ccc(C)cc3Br)n2)CC1. The monoisotopic (exact) mass is 390 g/mol. The second-order valence-corrected chi connectivity index (χ2v) is 6.59. The molecule has 1 aliphatic heterocycles. The maximum atomic E-state index is 11.4. The van der Waals surface area contributed by atoms with Crippen molar-refractivity contribution in [2.45, 2.75) is 13.8 Å². The van der Waals surface area contributed by atoms with Crippen LogP contribution in [0.25, 0.3) is 0 Å². The number of hydrogen-bond donors (Lipinski definition) is 1. The van der Waals surface area contributed by atoms with Crippen molar-refractivity contribution < 1.29 is 4.79 Å². The van der Waals surface area contributed by atoms with Crippen LogP contribution in [0.2, 0.25) is 0 Å². The predicted octanol–water partition coefficient (Wildman–Crippen LogP) is 2.35. The van der Waals surface area contributed by atoms with E-state index in [0.717, 1.165) is 29.1 Å². The molecule has 3 rings (SSSR count). The fraction of sp³-hybridized carbons (Fsp3) is 0.375. The van der Waals surface area contributed by atoms with E-state index in [2.05, 4.69) is 41.3 Å². The van der Waals surface area contributed by atoms with Gasteiger partial charge in [0.2, 0.25) is 11.9 Å². The zero-order valence-corrected chi connectivity index (χ0v) is 15.2. The van der Waals surface area contributed by atoms with Gasteiger partial charge in [0.15, 0.2) is 5.82 Å². The van der Waals surface area contributed by atoms with Gasteiger partial charge in [-0.05, 0) is 40.5 Å². The third kappa shape index (κ3) is 3.81. The lowest BCUT2D eigenvalue weighted by Gasteiger charge is -2.34. The number of nitrogens with zero attached hydrogens (tertiary/aromatic N) is 5. The summed E-state index contributed by atoms with van der Waals surface area (Å²) in [4.78, 5) is 19.9. The predicted molar refractivity (Wildman–Crippen MR) is 96.5 cm³/mol. The smallest absolute Gasteiger partial charge is 0.249 e. The highest BCUT2D eigenvalue weighted by molar-refractivity contribution is 9.10. The number of amides is 1. The van der Waals surface area contributed by atoms with Gasteiger partial charge in [-0.15, -0.1) is 5.10 Å². The van der Waals surface area contributed by atoms with E-state index in [1.165, 1.54) is 5.56 Å². The molecule has 0 saturated carbocycles. The largest absolute Gasteiger partial charge is 0.352 e. The Bertz CT molecular complexity index is 745. The second kappa shape index (κ2) is 7.12. The summed E-state index contributed by atoms with van der Waals surface area (Å²) in [5, 5.41) is 11.3. The third-order valence-corrected chi connectivity index (χ3v) is 4.62. The number of aryl methyl sites for hydroxylation is 1. The molecule has 2 aromatic rings. The Morgan fingerprint density at radius 2 is 2.00 bits per heavy atom. The molecule has 24 heavy (non-hydrogen) atoms. The van der Waals surface area contributed by atoms with Crippen LogP contribution in [0.4, 0.5) is 17.5 Å². The van der Waals surface area contributed by atoms with Crippen LogP contribution in [-0.2, 0) is 4.79 Å². The summed E-state index contributed by atoms with van der Waals surface area (Å²) in [7, 11) is 0. The number of aromatic nitrogens is 3. The molecule has 0 bridgehead atoms. The summed E-state index contributed by atoms with van der Waals surface area (Å²) in [6.07, 6.45) is 1.65. The van der Waals surface area contributed by atoms with Crippen molar-refractivity contribution in [3.63, 3.8) is 0 Å². The molecule has 1 amide bonds. The molecular weight excluding hydrogens is 372 g/mol. The van der Waals surface area contributed by atoms with E-state index in [-0.39, 0.29) is 5.91 Å². The van der Waals surface area contributed by atoms with Crippen molar-refractivity contribution in [3.05, 3.63) is 34.4 Å². The molecule has 1 fully saturated rings. The molecule has 7 nitrogen and oxygen atoms in total. The van der Waals surface area contributed by atoms with Gasteiger partial charge in [-0.3, -0.25) is 4.79 Å². The van der Waals surface area contributed by atoms with Crippen molar-refractivity contribution in [2.75, 3.05) is 36.4 Å². The van der Waals surface area contributed by atoms with E-state index in [4.69, 9.17) is 0 Å². The second-order valence-electron chi connectivity index (χ2n) is 5.74. The fourth-order valence-electron chi connectivity index (χ4n) is 2.59. The number of carbonyl (C=O) groups is 1. The lowest BCUT2D eigenvalue weighted by Crippen LogP contribution is -2.48. The number of hydrogen-bond acceptors (Lipinski definition) is 6. The fourth-order valence-corrected chi connectivity index (χ4v) is 3.19. The molecule has 0 radical (unpaired) electrons. The van der Waals surface area contributed by atoms with Gasteiger partial charge >= 0.3 is 0 Å². The standard InChI is InChI=1S/C16H19BrN6O/c1-11-3-4-14(13(17)9-11)19-16-20-15(10-18-21-16)23-7-5-22(6-8-23)12(2)24/h3-4,9-10H,5-8H2,1-2H3,(H,19,20,21). The molecule has 1 aromatic carbocycles. The Morgan fingerprint density at radius 1 is 1.25 bits per heavy atom. The minimum absolute atomic E-state index is 0.113. The van der Waals surface area contributed by atoms with Crippen molar-refractivity contribution in [1.82, 2.24) is 20.1 Å². The Balaban J connectivity index is 1.71. The minimum atomic E-state index is 0.113. The molecule has 0 aliphatic carbocycles. The van der Waals surface area contributed by atoms with E-state index < -0.39 is 0 Å². The zero-order valence-electron chi connectivity index (χ0n) is 13.7. The number of carbonyl (C=O) groups excluding carboxylic acids is 1. The molecule has 8 heteroatoms. The topological polar surface area (TPSA) is 74.2 Å². The maximum absolute atomic E-state index is 11.4. The molecule has 1 saturated heterocycles. The van der Waals surface area contributed by atoms with Crippen LogP contribution >= 0.6 is 15.9 Å². The highest BCUT2D eigenvalue weighted by Crippen LogP contribution is 2.26. The van der Waals surface area contributed by atoms with Crippen LogP contribution in [0.3, 0.4) is 0 Å². The molecule has 0 atom stereocenters. The first-order valence-electron chi connectivity index (χ1n) is 7.76. The maximum Gasteiger partial charge on any atom is 0.249 e. The summed E-state index contributed by atoms with van der Waals surface area (Å²) in [6, 6.07) is 6.02. The number of anilines is 3. The van der Waals surface area contributed by atoms with Crippen molar-refractivity contribution in [2.24, 2.45) is 0 Å². The summed E-state index contributed by atoms with van der Waals surface area (Å²) < 4.78 is 0.951. The van der Waals surface area contributed by atoms with Gasteiger partial charge < -0.3 is 15.1 Å². The molecular formula is C16H19BrN6O. The van der Waals surface area contributed by atoms with Gasteiger partial charge in [-0.1, -0.05) is 6.07 Å². The Hall–Kier alpha value is -2.22. The molecule has 1 aromatic heterocycles. The van der Waals surface area contributed by atoms with Gasteiger partial charge in [0.05, 0.1) is 11.9 Å². The number of nitrogens with one attached hydrogen (secondary N) is 1. The lowest BCUT2D eigenvalue weighted by atomic mass is 10.2. The summed E-state index contributed by atoms with van der Waals surface area (Å²) in [5.41, 5.74) is 2.06. The molecule has 2 heterocycles. The Labute approximate surface area is 149 Å². The summed E-state index contributed by atoms with van der Waals surface area (Å²) in [5.74, 6) is 1.33. The van der Waals surface area contributed by atoms with Gasteiger partial charge in [0.1, 0.15) is 0 Å². The first-order chi connectivity index (χ1) is 11.5.